The molecular formula is C26H22F2N4O4. The highest BCUT2D eigenvalue weighted by Crippen LogP contribution is 2.38. The molecule has 0 bridgehead atoms. The maximum atomic E-state index is 15.5. The normalized spacial score (nSPS) is 25.4. The lowest BCUT2D eigenvalue weighted by atomic mass is 10.00. The minimum Gasteiger partial charge on any atom is -0.456 e. The second-order valence-electron chi connectivity index (χ2n) is 9.49. The molecule has 3 aliphatic rings. The predicted octanol–water partition coefficient (Wildman–Crippen LogP) is 3.75. The summed E-state index contributed by atoms with van der Waals surface area (Å²) in [6, 6.07) is 8.15. The van der Waals surface area contributed by atoms with Crippen molar-refractivity contribution in [3.63, 3.8) is 0 Å². The highest BCUT2D eigenvalue weighted by molar-refractivity contribution is 5.84. The van der Waals surface area contributed by atoms with Crippen molar-refractivity contribution in [2.45, 2.75) is 43.2 Å². The van der Waals surface area contributed by atoms with Crippen LogP contribution in [0.2, 0.25) is 0 Å². The molecule has 4 heterocycles. The summed E-state index contributed by atoms with van der Waals surface area (Å²) in [4.78, 5) is 15.9. The maximum Gasteiger partial charge on any atom is 0.295 e. The number of imidazole rings is 1. The smallest absolute Gasteiger partial charge is 0.295 e. The maximum absolute atomic E-state index is 15.5. The molecule has 2 saturated heterocycles. The predicted molar refractivity (Wildman–Crippen MR) is 124 cm³/mol. The van der Waals surface area contributed by atoms with Crippen molar-refractivity contribution in [3.05, 3.63) is 60.2 Å². The number of aliphatic hydroxyl groups is 1. The van der Waals surface area contributed by atoms with E-state index in [-0.39, 0.29) is 35.8 Å². The first kappa shape index (κ1) is 21.8. The van der Waals surface area contributed by atoms with Crippen LogP contribution in [0.5, 0.6) is 6.01 Å². The molecule has 1 saturated carbocycles. The Kier molecular flexibility index (Phi) is 5.02. The van der Waals surface area contributed by atoms with Gasteiger partial charge < -0.3 is 24.3 Å². The third kappa shape index (κ3) is 3.64. The van der Waals surface area contributed by atoms with Crippen LogP contribution in [0.4, 0.5) is 8.78 Å². The molecule has 4 atom stereocenters. The Morgan fingerprint density at radius 2 is 1.67 bits per heavy atom. The number of hydrogen-bond acceptors (Lipinski definition) is 7. The Bertz CT molecular complexity index is 1440. The number of aromatic nitrogens is 4. The largest absolute Gasteiger partial charge is 0.456 e. The van der Waals surface area contributed by atoms with Crippen LogP contribution in [-0.4, -0.2) is 62.7 Å². The number of fused-ring (bicyclic) bond motifs is 2. The molecular weight excluding hydrogens is 470 g/mol. The fraction of sp³-hybridized carbons (Fsp3) is 0.346. The number of aromatic amines is 1. The molecule has 2 aromatic heterocycles. The number of rotatable bonds is 5. The van der Waals surface area contributed by atoms with E-state index in [1.54, 1.807) is 36.7 Å². The molecule has 184 valence electrons. The van der Waals surface area contributed by atoms with E-state index >= 15 is 8.78 Å². The number of nitrogens with one attached hydrogen (secondary N) is 1. The molecule has 36 heavy (non-hydrogen) atoms. The van der Waals surface area contributed by atoms with Crippen molar-refractivity contribution in [3.8, 4) is 28.3 Å². The van der Waals surface area contributed by atoms with Gasteiger partial charge in [0.15, 0.2) is 11.9 Å². The van der Waals surface area contributed by atoms with E-state index in [0.29, 0.717) is 11.5 Å². The van der Waals surface area contributed by atoms with E-state index in [1.165, 1.54) is 6.07 Å². The molecule has 8 nitrogen and oxygen atoms in total. The lowest BCUT2D eigenvalue weighted by Gasteiger charge is -2.15. The van der Waals surface area contributed by atoms with E-state index < -0.39 is 36.1 Å². The number of ether oxygens (including phenoxy) is 3. The first-order valence-electron chi connectivity index (χ1n) is 11.9. The molecule has 1 aliphatic carbocycles. The first-order valence-corrected chi connectivity index (χ1v) is 11.9. The molecule has 3 fully saturated rings. The highest BCUT2D eigenvalue weighted by atomic mass is 19.1. The first-order chi connectivity index (χ1) is 17.5. The summed E-state index contributed by atoms with van der Waals surface area (Å²) in [5.74, 6) is -0.160. The third-order valence-electron chi connectivity index (χ3n) is 7.01. The monoisotopic (exact) mass is 492 g/mol. The van der Waals surface area contributed by atoms with Gasteiger partial charge in [-0.15, -0.1) is 0 Å². The van der Waals surface area contributed by atoms with Crippen LogP contribution in [0.3, 0.4) is 0 Å². The fourth-order valence-electron chi connectivity index (χ4n) is 4.94. The Morgan fingerprint density at radius 3 is 2.42 bits per heavy atom. The molecule has 0 spiro atoms. The van der Waals surface area contributed by atoms with E-state index in [4.69, 9.17) is 14.2 Å². The SMILES string of the molecule is O[C@@H]1CO[C@H]2[C@@H]1OC[C@H]2Oc1nc2c(F)c(-c3ccc(-c4cnc(C5CC5)nc4)cc3)c(F)cc2[nH]1. The second kappa shape index (κ2) is 8.29. The molecule has 0 unspecified atom stereocenters. The molecule has 4 aromatic rings. The Labute approximate surface area is 204 Å². The Hall–Kier alpha value is -3.47. The highest BCUT2D eigenvalue weighted by Gasteiger charge is 2.48. The van der Waals surface area contributed by atoms with Gasteiger partial charge in [-0.25, -0.2) is 18.7 Å². The van der Waals surface area contributed by atoms with Gasteiger partial charge in [-0.3, -0.25) is 0 Å². The van der Waals surface area contributed by atoms with Crippen molar-refractivity contribution in [1.29, 1.82) is 0 Å². The van der Waals surface area contributed by atoms with Crippen LogP contribution in [-0.2, 0) is 9.47 Å². The lowest BCUT2D eigenvalue weighted by molar-refractivity contribution is 0.00706. The van der Waals surface area contributed by atoms with Crippen LogP contribution in [0, 0.1) is 11.6 Å². The van der Waals surface area contributed by atoms with E-state index in [2.05, 4.69) is 19.9 Å². The number of nitrogens with zero attached hydrogens (tertiary/aromatic N) is 3. The molecule has 2 aliphatic heterocycles. The average molecular weight is 492 g/mol. The Morgan fingerprint density at radius 1 is 0.944 bits per heavy atom. The van der Waals surface area contributed by atoms with Crippen LogP contribution in [0.25, 0.3) is 33.3 Å². The summed E-state index contributed by atoms with van der Waals surface area (Å²) in [5.41, 5.74) is 2.06. The summed E-state index contributed by atoms with van der Waals surface area (Å²) in [7, 11) is 0. The number of H-pyrrole nitrogens is 1. The molecule has 0 radical (unpaired) electrons. The van der Waals surface area contributed by atoms with Gasteiger partial charge in [0.05, 0.1) is 24.3 Å². The standard InChI is InChI=1S/C26H22F2N4O4/c27-16-7-17-22(32-26(31-17)36-19-11-35-23-18(33)10-34-24(19)23)21(28)20(16)13-3-1-12(2-4-13)15-8-29-25(30-9-15)14-5-6-14/h1-4,7-9,14,18-19,23-24,33H,5-6,10-11H2,(H,31,32)/t18-,19-,23-,24-/m1/s1. The van der Waals surface area contributed by atoms with Crippen molar-refractivity contribution in [2.24, 2.45) is 0 Å². The summed E-state index contributed by atoms with van der Waals surface area (Å²) >= 11 is 0. The lowest BCUT2D eigenvalue weighted by Crippen LogP contribution is -2.34. The summed E-state index contributed by atoms with van der Waals surface area (Å²) < 4.78 is 47.4. The van der Waals surface area contributed by atoms with Gasteiger partial charge in [0.1, 0.15) is 35.5 Å². The topological polar surface area (TPSA) is 102 Å². The van der Waals surface area contributed by atoms with Gasteiger partial charge in [-0.2, -0.15) is 4.98 Å². The van der Waals surface area contributed by atoms with Gasteiger partial charge >= 0.3 is 0 Å². The third-order valence-corrected chi connectivity index (χ3v) is 7.01. The van der Waals surface area contributed by atoms with Gasteiger partial charge in [0, 0.05) is 29.9 Å². The van der Waals surface area contributed by atoms with Gasteiger partial charge in [0.25, 0.3) is 6.01 Å². The number of benzene rings is 2. The van der Waals surface area contributed by atoms with Gasteiger partial charge in [0.2, 0.25) is 0 Å². The van der Waals surface area contributed by atoms with E-state index in [0.717, 1.165) is 29.8 Å². The molecule has 7 rings (SSSR count). The van der Waals surface area contributed by atoms with Crippen molar-refractivity contribution >= 4 is 11.0 Å². The summed E-state index contributed by atoms with van der Waals surface area (Å²) in [5, 5.41) is 9.89. The zero-order valence-electron chi connectivity index (χ0n) is 19.0. The summed E-state index contributed by atoms with van der Waals surface area (Å²) in [6.07, 6.45) is 3.68. The zero-order valence-corrected chi connectivity index (χ0v) is 19.0. The minimum atomic E-state index is -0.783. The molecule has 2 N–H and O–H groups in total. The zero-order chi connectivity index (χ0) is 24.4. The van der Waals surface area contributed by atoms with Gasteiger partial charge in [-0.05, 0) is 24.0 Å². The second-order valence-corrected chi connectivity index (χ2v) is 9.49. The average Bonchev–Trinajstić information content (AvgIpc) is 3.39. The van der Waals surface area contributed by atoms with Crippen molar-refractivity contribution in [1.82, 2.24) is 19.9 Å². The number of hydrogen-bond donors (Lipinski definition) is 2. The van der Waals surface area contributed by atoms with Crippen molar-refractivity contribution < 1.29 is 28.1 Å². The van der Waals surface area contributed by atoms with Crippen LogP contribution in [0.15, 0.2) is 42.7 Å². The number of aliphatic hydroxyl groups excluding tert-OH is 1. The molecule has 2 aromatic carbocycles. The van der Waals surface area contributed by atoms with Gasteiger partial charge in [-0.1, -0.05) is 24.3 Å². The minimum absolute atomic E-state index is 0.0302. The Balaban J connectivity index is 1.15. The molecule has 0 amide bonds. The number of halogens is 2. The fourth-order valence-corrected chi connectivity index (χ4v) is 4.94. The molecule has 10 heteroatoms. The van der Waals surface area contributed by atoms with E-state index in [9.17, 15) is 5.11 Å². The van der Waals surface area contributed by atoms with E-state index in [1.807, 2.05) is 0 Å². The van der Waals surface area contributed by atoms with Crippen LogP contribution in [0.1, 0.15) is 24.6 Å². The summed E-state index contributed by atoms with van der Waals surface area (Å²) in [6.45, 7) is 0.363. The van der Waals surface area contributed by atoms with Crippen LogP contribution < -0.4 is 4.74 Å². The van der Waals surface area contributed by atoms with Crippen molar-refractivity contribution in [2.75, 3.05) is 13.2 Å². The van der Waals surface area contributed by atoms with Crippen LogP contribution >= 0.6 is 0 Å². The quantitative estimate of drug-likeness (QED) is 0.438.